The van der Waals surface area contributed by atoms with E-state index in [1.54, 1.807) is 0 Å². The van der Waals surface area contributed by atoms with Crippen molar-refractivity contribution in [1.29, 1.82) is 0 Å². The number of carbonyl (C=O) groups excluding carboxylic acids is 1. The zero-order chi connectivity index (χ0) is 24.1. The summed E-state index contributed by atoms with van der Waals surface area (Å²) in [6.45, 7) is 18.7. The van der Waals surface area contributed by atoms with Gasteiger partial charge in [-0.1, -0.05) is 46.8 Å². The molecule has 0 bridgehead atoms. The van der Waals surface area contributed by atoms with Crippen LogP contribution in [-0.2, 0) is 9.59 Å². The molecule has 3 heteroatoms. The molecule has 0 radical (unpaired) electrons. The van der Waals surface area contributed by atoms with E-state index in [1.807, 2.05) is 0 Å². The van der Waals surface area contributed by atoms with Crippen molar-refractivity contribution in [2.24, 2.45) is 63.1 Å². The second-order valence-corrected chi connectivity index (χ2v) is 14.2. The van der Waals surface area contributed by atoms with E-state index >= 15 is 0 Å². The van der Waals surface area contributed by atoms with Crippen LogP contribution in [0.25, 0.3) is 0 Å². The second kappa shape index (κ2) is 7.20. The van der Waals surface area contributed by atoms with Crippen LogP contribution < -0.4 is 0 Å². The maximum atomic E-state index is 12.9. The van der Waals surface area contributed by atoms with E-state index in [1.165, 1.54) is 37.7 Å². The van der Waals surface area contributed by atoms with E-state index in [2.05, 4.69) is 48.1 Å². The lowest BCUT2D eigenvalue weighted by molar-refractivity contribution is -0.226. The smallest absolute Gasteiger partial charge is 0.306 e. The van der Waals surface area contributed by atoms with E-state index < -0.39 is 5.97 Å². The highest BCUT2D eigenvalue weighted by molar-refractivity contribution is 5.85. The van der Waals surface area contributed by atoms with Crippen molar-refractivity contribution in [2.75, 3.05) is 0 Å². The molecule has 0 amide bonds. The van der Waals surface area contributed by atoms with Crippen molar-refractivity contribution < 1.29 is 14.7 Å². The summed E-state index contributed by atoms with van der Waals surface area (Å²) < 4.78 is 0. The number of carboxylic acids is 1. The van der Waals surface area contributed by atoms with Gasteiger partial charge in [0.05, 0.1) is 5.92 Å². The SMILES string of the molecule is C=C(C)[C@@H]1C[C@@H](C(=O)O)C2CC[C@]3(C)[C@H](CC[C@@H]4[C@@]5(C)CCC(=O)C(C)(C)[C@@H]5CC[C@]43C)[C@H]21. The Labute approximate surface area is 201 Å². The van der Waals surface area contributed by atoms with Crippen molar-refractivity contribution in [3.63, 3.8) is 0 Å². The van der Waals surface area contributed by atoms with Gasteiger partial charge in [-0.2, -0.15) is 0 Å². The molecule has 10 atom stereocenters. The minimum atomic E-state index is -0.584. The van der Waals surface area contributed by atoms with E-state index in [-0.39, 0.29) is 27.6 Å². The molecule has 5 aliphatic rings. The van der Waals surface area contributed by atoms with E-state index in [4.69, 9.17) is 0 Å². The third-order valence-electron chi connectivity index (χ3n) is 13.1. The zero-order valence-corrected chi connectivity index (χ0v) is 21.9. The molecule has 0 heterocycles. The Morgan fingerprint density at radius 1 is 0.909 bits per heavy atom. The lowest BCUT2D eigenvalue weighted by Crippen LogP contribution is -2.65. The number of hydrogen-bond donors (Lipinski definition) is 1. The van der Waals surface area contributed by atoms with Gasteiger partial charge in [-0.25, -0.2) is 0 Å². The first-order chi connectivity index (χ1) is 15.3. The van der Waals surface area contributed by atoms with Gasteiger partial charge in [0, 0.05) is 11.8 Å². The number of rotatable bonds is 2. The van der Waals surface area contributed by atoms with Crippen molar-refractivity contribution >= 4 is 11.8 Å². The molecular formula is C30H46O3. The summed E-state index contributed by atoms with van der Waals surface area (Å²) in [4.78, 5) is 25.1. The first-order valence-electron chi connectivity index (χ1n) is 13.7. The number of fused-ring (bicyclic) bond motifs is 7. The van der Waals surface area contributed by atoms with Crippen molar-refractivity contribution in [2.45, 2.75) is 99.3 Å². The highest BCUT2D eigenvalue weighted by atomic mass is 16.4. The van der Waals surface area contributed by atoms with Gasteiger partial charge in [0.25, 0.3) is 0 Å². The molecule has 3 nitrogen and oxygen atoms in total. The lowest BCUT2D eigenvalue weighted by atomic mass is 9.33. The number of allylic oxidation sites excluding steroid dienone is 1. The fraction of sp³-hybridized carbons (Fsp3) is 0.867. The zero-order valence-electron chi connectivity index (χ0n) is 21.9. The predicted molar refractivity (Wildman–Crippen MR) is 132 cm³/mol. The third kappa shape index (κ3) is 2.86. The number of carboxylic acid groups (broad SMARTS) is 1. The maximum absolute atomic E-state index is 12.9. The lowest BCUT2D eigenvalue weighted by Gasteiger charge is -2.71. The maximum Gasteiger partial charge on any atom is 0.306 e. The Bertz CT molecular complexity index is 887. The minimum Gasteiger partial charge on any atom is -0.481 e. The Balaban J connectivity index is 1.53. The molecule has 1 unspecified atom stereocenters. The van der Waals surface area contributed by atoms with Gasteiger partial charge in [0.15, 0.2) is 0 Å². The van der Waals surface area contributed by atoms with Gasteiger partial charge >= 0.3 is 5.97 Å². The minimum absolute atomic E-state index is 0.190. The summed E-state index contributed by atoms with van der Waals surface area (Å²) in [6, 6.07) is 0. The molecule has 0 aromatic heterocycles. The van der Waals surface area contributed by atoms with Crippen LogP contribution in [0.1, 0.15) is 99.3 Å². The van der Waals surface area contributed by atoms with Crippen molar-refractivity contribution in [1.82, 2.24) is 0 Å². The standard InChI is InChI=1S/C30H46O3/c1-17(2)19-16-20(26(32)33)18-10-14-29(6)21(25(18)19)8-9-23-28(5)13-12-24(31)27(3,4)22(28)11-15-30(23,29)7/h18-23,25H,1,8-16H2,2-7H3,(H,32,33)/t18?,19-,20+,21+,22-,23+,25+,28-,29+,30+/m0/s1. The quantitative estimate of drug-likeness (QED) is 0.451. The van der Waals surface area contributed by atoms with Gasteiger partial charge < -0.3 is 5.11 Å². The second-order valence-electron chi connectivity index (χ2n) is 14.2. The molecule has 5 saturated carbocycles. The molecule has 0 aliphatic heterocycles. The van der Waals surface area contributed by atoms with Crippen LogP contribution in [0.2, 0.25) is 0 Å². The van der Waals surface area contributed by atoms with Gasteiger partial charge in [-0.05, 0) is 110 Å². The van der Waals surface area contributed by atoms with Gasteiger partial charge in [-0.3, -0.25) is 9.59 Å². The molecule has 0 aromatic rings. The number of aliphatic carboxylic acids is 1. The number of hydrogen-bond acceptors (Lipinski definition) is 2. The van der Waals surface area contributed by atoms with E-state index in [9.17, 15) is 14.7 Å². The molecule has 0 spiro atoms. The van der Waals surface area contributed by atoms with Crippen molar-refractivity contribution in [3.05, 3.63) is 12.2 Å². The predicted octanol–water partition coefficient (Wildman–Crippen LogP) is 7.15. The largest absolute Gasteiger partial charge is 0.481 e. The summed E-state index contributed by atoms with van der Waals surface area (Å²) in [6.07, 6.45) is 9.69. The molecule has 5 fully saturated rings. The van der Waals surface area contributed by atoms with Crippen LogP contribution >= 0.6 is 0 Å². The van der Waals surface area contributed by atoms with Gasteiger partial charge in [0.2, 0.25) is 0 Å². The highest BCUT2D eigenvalue weighted by Gasteiger charge is 2.69. The summed E-state index contributed by atoms with van der Waals surface area (Å²) in [5.41, 5.74) is 1.76. The van der Waals surface area contributed by atoms with Crippen LogP contribution in [0, 0.1) is 63.1 Å². The van der Waals surface area contributed by atoms with Crippen LogP contribution in [0.4, 0.5) is 0 Å². The van der Waals surface area contributed by atoms with Crippen LogP contribution in [0.5, 0.6) is 0 Å². The Kier molecular flexibility index (Phi) is 5.15. The molecule has 33 heavy (non-hydrogen) atoms. The summed E-state index contributed by atoms with van der Waals surface area (Å²) in [5.74, 6) is 2.62. The Hall–Kier alpha value is -1.12. The van der Waals surface area contributed by atoms with Crippen molar-refractivity contribution in [3.8, 4) is 0 Å². The first-order valence-corrected chi connectivity index (χ1v) is 13.7. The fourth-order valence-corrected chi connectivity index (χ4v) is 11.3. The van der Waals surface area contributed by atoms with Gasteiger partial charge in [-0.15, -0.1) is 0 Å². The summed E-state index contributed by atoms with van der Waals surface area (Å²) >= 11 is 0. The molecule has 0 aromatic carbocycles. The average molecular weight is 455 g/mol. The summed E-state index contributed by atoms with van der Waals surface area (Å²) in [7, 11) is 0. The van der Waals surface area contributed by atoms with E-state index in [0.29, 0.717) is 41.3 Å². The van der Waals surface area contributed by atoms with E-state index in [0.717, 1.165) is 25.7 Å². The molecule has 5 rings (SSSR count). The highest BCUT2D eigenvalue weighted by Crippen LogP contribution is 2.76. The summed E-state index contributed by atoms with van der Waals surface area (Å²) in [5, 5.41) is 10.0. The van der Waals surface area contributed by atoms with Crippen LogP contribution in [0.3, 0.4) is 0 Å². The number of Topliss-reactive ketones (excluding diaryl/α,β-unsaturated/α-hetero) is 1. The molecule has 0 saturated heterocycles. The topological polar surface area (TPSA) is 54.4 Å². The number of ketones is 1. The third-order valence-corrected chi connectivity index (χ3v) is 13.1. The average Bonchev–Trinajstić information content (AvgIpc) is 3.12. The Morgan fingerprint density at radius 3 is 2.21 bits per heavy atom. The molecule has 1 N–H and O–H groups in total. The first kappa shape index (κ1) is 23.6. The fourth-order valence-electron chi connectivity index (χ4n) is 11.3. The van der Waals surface area contributed by atoms with Crippen LogP contribution in [-0.4, -0.2) is 16.9 Å². The molecular weight excluding hydrogens is 408 g/mol. The van der Waals surface area contributed by atoms with Crippen LogP contribution in [0.15, 0.2) is 12.2 Å². The number of carbonyl (C=O) groups is 2. The monoisotopic (exact) mass is 454 g/mol. The molecule has 5 aliphatic carbocycles. The Morgan fingerprint density at radius 2 is 1.58 bits per heavy atom. The molecule has 184 valence electrons. The van der Waals surface area contributed by atoms with Gasteiger partial charge in [0.1, 0.15) is 5.78 Å². The normalized spacial score (nSPS) is 52.8.